The van der Waals surface area contributed by atoms with E-state index in [0.29, 0.717) is 0 Å². The van der Waals surface area contributed by atoms with Crippen LogP contribution >= 0.6 is 34.5 Å². The topological polar surface area (TPSA) is 91.6 Å². The van der Waals surface area contributed by atoms with Crippen LogP contribution in [0.5, 0.6) is 10.9 Å². The lowest BCUT2D eigenvalue weighted by atomic mass is 10.3. The molecule has 0 saturated carbocycles. The van der Waals surface area contributed by atoms with Gasteiger partial charge in [0.25, 0.3) is 5.19 Å². The van der Waals surface area contributed by atoms with Crippen LogP contribution in [0, 0.1) is 10.1 Å². The molecule has 10 heteroatoms. The minimum atomic E-state index is -0.680. The van der Waals surface area contributed by atoms with Gasteiger partial charge in [-0.05, 0) is 6.07 Å². The number of nitro groups is 1. The molecule has 0 spiro atoms. The number of thiazole rings is 1. The number of hydrogen-bond donors (Lipinski definition) is 0. The lowest BCUT2D eigenvalue weighted by Gasteiger charge is -2.04. The van der Waals surface area contributed by atoms with Crippen molar-refractivity contribution in [2.45, 2.75) is 0 Å². The third kappa shape index (κ3) is 3.23. The molecule has 0 atom stereocenters. The van der Waals surface area contributed by atoms with Crippen LogP contribution in [0.25, 0.3) is 0 Å². The second-order valence-electron chi connectivity index (χ2n) is 3.54. The quantitative estimate of drug-likeness (QED) is 0.472. The molecule has 0 unspecified atom stereocenters. The molecule has 1 aromatic carbocycles. The maximum absolute atomic E-state index is 11.4. The van der Waals surface area contributed by atoms with E-state index in [2.05, 4.69) is 9.72 Å². The van der Waals surface area contributed by atoms with Crippen molar-refractivity contribution in [2.75, 3.05) is 7.11 Å². The highest BCUT2D eigenvalue weighted by molar-refractivity contribution is 7.15. The highest BCUT2D eigenvalue weighted by atomic mass is 35.5. The van der Waals surface area contributed by atoms with Crippen LogP contribution < -0.4 is 4.74 Å². The Morgan fingerprint density at radius 3 is 2.76 bits per heavy atom. The number of benzene rings is 1. The molecule has 21 heavy (non-hydrogen) atoms. The van der Waals surface area contributed by atoms with Gasteiger partial charge in [-0.2, -0.15) is 4.98 Å². The number of methoxy groups -OCH3 is 1. The van der Waals surface area contributed by atoms with Crippen LogP contribution in [0.2, 0.25) is 10.2 Å². The SMILES string of the molecule is COC(=O)c1sc(Oc2c(Cl)cccc2[N+](=O)[O-])nc1Cl. The number of ether oxygens (including phenoxy) is 2. The van der Waals surface area contributed by atoms with Gasteiger partial charge in [-0.25, -0.2) is 4.79 Å². The Labute approximate surface area is 132 Å². The highest BCUT2D eigenvalue weighted by Gasteiger charge is 2.23. The van der Waals surface area contributed by atoms with Crippen LogP contribution in [-0.4, -0.2) is 23.0 Å². The molecule has 0 fully saturated rings. The van der Waals surface area contributed by atoms with Gasteiger partial charge in [0, 0.05) is 6.07 Å². The van der Waals surface area contributed by atoms with E-state index in [9.17, 15) is 14.9 Å². The maximum atomic E-state index is 11.4. The number of hydrogen-bond acceptors (Lipinski definition) is 7. The molecule has 110 valence electrons. The lowest BCUT2D eigenvalue weighted by Crippen LogP contribution is -1.98. The second kappa shape index (κ2) is 6.25. The van der Waals surface area contributed by atoms with Crippen LogP contribution in [-0.2, 0) is 4.74 Å². The Morgan fingerprint density at radius 2 is 2.14 bits per heavy atom. The van der Waals surface area contributed by atoms with Gasteiger partial charge in [0.15, 0.2) is 10.0 Å². The molecule has 1 heterocycles. The molecule has 0 N–H and O–H groups in total. The second-order valence-corrected chi connectivity index (χ2v) is 5.27. The molecule has 0 amide bonds. The van der Waals surface area contributed by atoms with Crippen molar-refractivity contribution in [1.29, 1.82) is 0 Å². The first-order valence-corrected chi connectivity index (χ1v) is 6.86. The van der Waals surface area contributed by atoms with Crippen molar-refractivity contribution >= 4 is 46.2 Å². The Bertz CT molecular complexity index is 719. The summed E-state index contributed by atoms with van der Waals surface area (Å²) in [5.74, 6) is -0.855. The molecule has 0 aliphatic heterocycles. The molecule has 0 aliphatic carbocycles. The Hall–Kier alpha value is -1.90. The fourth-order valence-electron chi connectivity index (χ4n) is 1.37. The van der Waals surface area contributed by atoms with Gasteiger partial charge in [0.2, 0.25) is 5.75 Å². The lowest BCUT2D eigenvalue weighted by molar-refractivity contribution is -0.385. The van der Waals surface area contributed by atoms with Crippen molar-refractivity contribution in [3.8, 4) is 10.9 Å². The predicted octanol–water partition coefficient (Wildman–Crippen LogP) is 3.94. The average molecular weight is 349 g/mol. The van der Waals surface area contributed by atoms with E-state index in [1.165, 1.54) is 25.3 Å². The summed E-state index contributed by atoms with van der Waals surface area (Å²) in [5.41, 5.74) is -0.326. The third-order valence-corrected chi connectivity index (χ3v) is 3.87. The highest BCUT2D eigenvalue weighted by Crippen LogP contribution is 2.40. The molecule has 0 saturated heterocycles. The third-order valence-electron chi connectivity index (χ3n) is 2.27. The summed E-state index contributed by atoms with van der Waals surface area (Å²) in [6.07, 6.45) is 0. The summed E-state index contributed by atoms with van der Waals surface area (Å²) >= 11 is 12.5. The van der Waals surface area contributed by atoms with Crippen molar-refractivity contribution in [3.63, 3.8) is 0 Å². The first-order valence-electron chi connectivity index (χ1n) is 5.29. The van der Waals surface area contributed by atoms with Gasteiger partial charge < -0.3 is 9.47 Å². The molecular weight excluding hydrogens is 343 g/mol. The number of nitro benzene ring substituents is 1. The van der Waals surface area contributed by atoms with E-state index in [4.69, 9.17) is 27.9 Å². The minimum absolute atomic E-state index is 0.0314. The zero-order chi connectivity index (χ0) is 15.6. The molecule has 0 aliphatic rings. The number of nitrogens with zero attached hydrogens (tertiary/aromatic N) is 2. The first kappa shape index (κ1) is 15.5. The average Bonchev–Trinajstić information content (AvgIpc) is 2.80. The largest absolute Gasteiger partial charge is 0.465 e. The monoisotopic (exact) mass is 348 g/mol. The number of carbonyl (C=O) groups excluding carboxylic acids is 1. The summed E-state index contributed by atoms with van der Waals surface area (Å²) in [6, 6.07) is 4.08. The van der Waals surface area contributed by atoms with Gasteiger partial charge in [0.1, 0.15) is 0 Å². The van der Waals surface area contributed by atoms with Gasteiger partial charge in [-0.15, -0.1) is 0 Å². The summed E-state index contributed by atoms with van der Waals surface area (Å²) in [5, 5.41) is 10.8. The Balaban J connectivity index is 2.39. The number of para-hydroxylation sites is 1. The summed E-state index contributed by atoms with van der Waals surface area (Å²) in [6.45, 7) is 0. The zero-order valence-corrected chi connectivity index (χ0v) is 12.7. The first-order chi connectivity index (χ1) is 9.93. The van der Waals surface area contributed by atoms with E-state index >= 15 is 0 Å². The van der Waals surface area contributed by atoms with Crippen LogP contribution in [0.3, 0.4) is 0 Å². The molecule has 2 rings (SSSR count). The Kier molecular flexibility index (Phi) is 4.61. The maximum Gasteiger partial charge on any atom is 0.351 e. The number of halogens is 2. The number of esters is 1. The fourth-order valence-corrected chi connectivity index (χ4v) is 2.64. The summed E-state index contributed by atoms with van der Waals surface area (Å²) in [7, 11) is 1.19. The fraction of sp³-hybridized carbons (Fsp3) is 0.0909. The molecule has 2 aromatic rings. The number of rotatable bonds is 4. The van der Waals surface area contributed by atoms with E-state index < -0.39 is 10.9 Å². The molecule has 1 aromatic heterocycles. The van der Waals surface area contributed by atoms with E-state index in [-0.39, 0.29) is 31.7 Å². The summed E-state index contributed by atoms with van der Waals surface area (Å²) < 4.78 is 9.82. The van der Waals surface area contributed by atoms with Crippen molar-refractivity contribution in [3.05, 3.63) is 43.4 Å². The summed E-state index contributed by atoms with van der Waals surface area (Å²) in [4.78, 5) is 25.5. The van der Waals surface area contributed by atoms with Gasteiger partial charge in [0.05, 0.1) is 17.1 Å². The van der Waals surface area contributed by atoms with Gasteiger partial charge in [-0.3, -0.25) is 10.1 Å². The molecule has 0 bridgehead atoms. The van der Waals surface area contributed by atoms with Crippen molar-refractivity contribution in [1.82, 2.24) is 4.98 Å². The molecule has 0 radical (unpaired) electrons. The van der Waals surface area contributed by atoms with E-state index in [0.717, 1.165) is 11.3 Å². The molecular formula is C11H6Cl2N2O5S. The number of aromatic nitrogens is 1. The van der Waals surface area contributed by atoms with Crippen LogP contribution in [0.4, 0.5) is 5.69 Å². The van der Waals surface area contributed by atoms with Gasteiger partial charge >= 0.3 is 11.7 Å². The van der Waals surface area contributed by atoms with Crippen LogP contribution in [0.15, 0.2) is 18.2 Å². The van der Waals surface area contributed by atoms with Gasteiger partial charge in [-0.1, -0.05) is 40.6 Å². The zero-order valence-electron chi connectivity index (χ0n) is 10.3. The predicted molar refractivity (Wildman–Crippen MR) is 76.6 cm³/mol. The van der Waals surface area contributed by atoms with E-state index in [1.54, 1.807) is 0 Å². The van der Waals surface area contributed by atoms with Crippen LogP contribution in [0.1, 0.15) is 9.67 Å². The smallest absolute Gasteiger partial charge is 0.351 e. The van der Waals surface area contributed by atoms with E-state index in [1.807, 2.05) is 0 Å². The standard InChI is InChI=1S/C11H6Cl2N2O5S/c1-19-10(16)8-9(13)14-11(21-8)20-7-5(12)3-2-4-6(7)15(17)18/h2-4H,1H3. The van der Waals surface area contributed by atoms with Crippen molar-refractivity contribution < 1.29 is 19.2 Å². The Morgan fingerprint density at radius 1 is 1.43 bits per heavy atom. The normalized spacial score (nSPS) is 10.2. The number of carbonyl (C=O) groups is 1. The van der Waals surface area contributed by atoms with Crippen molar-refractivity contribution in [2.24, 2.45) is 0 Å². The minimum Gasteiger partial charge on any atom is -0.465 e. The molecule has 7 nitrogen and oxygen atoms in total.